The number of ether oxygens (including phenoxy) is 2. The van der Waals surface area contributed by atoms with Crippen LogP contribution in [0.3, 0.4) is 0 Å². The van der Waals surface area contributed by atoms with Gasteiger partial charge in [-0.3, -0.25) is 9.78 Å². The zero-order chi connectivity index (χ0) is 24.2. The Balaban J connectivity index is 1.82. The molecule has 0 aliphatic heterocycles. The van der Waals surface area contributed by atoms with Crippen molar-refractivity contribution in [3.8, 4) is 45.3 Å². The summed E-state index contributed by atoms with van der Waals surface area (Å²) in [5.74, 6) is 1.03. The van der Waals surface area contributed by atoms with Gasteiger partial charge in [-0.15, -0.1) is 0 Å². The van der Waals surface area contributed by atoms with Crippen LogP contribution in [0.25, 0.3) is 33.6 Å². The number of carbonyl (C=O) groups is 1. The normalized spacial score (nSPS) is 10.7. The summed E-state index contributed by atoms with van der Waals surface area (Å²) < 4.78 is 10.8. The number of methoxy groups -OCH3 is 2. The van der Waals surface area contributed by atoms with Gasteiger partial charge in [0.1, 0.15) is 5.75 Å². The smallest absolute Gasteiger partial charge is 0.216 e. The Kier molecular flexibility index (Phi) is 7.15. The van der Waals surface area contributed by atoms with E-state index in [-0.39, 0.29) is 0 Å². The van der Waals surface area contributed by atoms with Crippen molar-refractivity contribution >= 4 is 29.5 Å². The first kappa shape index (κ1) is 23.7. The lowest BCUT2D eigenvalue weighted by atomic mass is 9.99. The zero-order valence-electron chi connectivity index (χ0n) is 18.9. The van der Waals surface area contributed by atoms with E-state index in [9.17, 15) is 4.79 Å². The predicted octanol–water partition coefficient (Wildman–Crippen LogP) is 7.18. The van der Waals surface area contributed by atoms with Gasteiger partial charge in [0.2, 0.25) is 5.88 Å². The Morgan fingerprint density at radius 1 is 0.912 bits per heavy atom. The lowest BCUT2D eigenvalue weighted by Crippen LogP contribution is -1.97. The average molecular weight is 493 g/mol. The van der Waals surface area contributed by atoms with Gasteiger partial charge in [-0.1, -0.05) is 60.5 Å². The summed E-state index contributed by atoms with van der Waals surface area (Å²) in [4.78, 5) is 20.4. The summed E-state index contributed by atoms with van der Waals surface area (Å²) >= 11 is 13.7. The fourth-order valence-electron chi connectivity index (χ4n) is 3.81. The van der Waals surface area contributed by atoms with Gasteiger partial charge >= 0.3 is 0 Å². The molecule has 7 heteroatoms. The molecule has 4 rings (SSSR count). The van der Waals surface area contributed by atoms with Crippen LogP contribution >= 0.6 is 23.2 Å². The minimum Gasteiger partial charge on any atom is -0.496 e. The fraction of sp³-hybridized carbons (Fsp3) is 0.148. The Hall–Kier alpha value is -3.41. The third kappa shape index (κ3) is 4.37. The SMILES string of the molecule is CCc1ccc(-c2cccc(-c3ccnc(-c4ccc(C=O)c(OC)c4)c3Cl)c2Cl)nc1OC. The Bertz CT molecular complexity index is 1370. The average Bonchev–Trinajstić information content (AvgIpc) is 2.88. The van der Waals surface area contributed by atoms with E-state index < -0.39 is 0 Å². The highest BCUT2D eigenvalue weighted by molar-refractivity contribution is 6.39. The molecule has 2 aromatic carbocycles. The number of nitrogens with zero attached hydrogens (tertiary/aromatic N) is 2. The summed E-state index contributed by atoms with van der Waals surface area (Å²) in [6, 6.07) is 16.7. The first-order valence-electron chi connectivity index (χ1n) is 10.6. The molecule has 0 N–H and O–H groups in total. The number of hydrogen-bond acceptors (Lipinski definition) is 5. The minimum atomic E-state index is 0.439. The summed E-state index contributed by atoms with van der Waals surface area (Å²) in [7, 11) is 3.12. The number of hydrogen-bond donors (Lipinski definition) is 0. The Labute approximate surface area is 208 Å². The Morgan fingerprint density at radius 2 is 1.68 bits per heavy atom. The maximum atomic E-state index is 11.3. The van der Waals surface area contributed by atoms with Gasteiger partial charge in [-0.25, -0.2) is 4.98 Å². The number of carbonyl (C=O) groups excluding carboxylic acids is 1. The molecule has 0 saturated heterocycles. The molecular formula is C27H22Cl2N2O3. The molecule has 172 valence electrons. The maximum absolute atomic E-state index is 11.3. The van der Waals surface area contributed by atoms with Crippen LogP contribution in [0.1, 0.15) is 22.8 Å². The van der Waals surface area contributed by atoms with Crippen LogP contribution in [0.5, 0.6) is 11.6 Å². The quantitative estimate of drug-likeness (QED) is 0.255. The van der Waals surface area contributed by atoms with Gasteiger partial charge in [0, 0.05) is 34.0 Å². The van der Waals surface area contributed by atoms with E-state index in [1.807, 2.05) is 36.4 Å². The van der Waals surface area contributed by atoms with Crippen LogP contribution in [-0.4, -0.2) is 30.5 Å². The summed E-state index contributed by atoms with van der Waals surface area (Å²) in [6.45, 7) is 2.05. The van der Waals surface area contributed by atoms with Crippen molar-refractivity contribution in [2.75, 3.05) is 14.2 Å². The van der Waals surface area contributed by atoms with Crippen molar-refractivity contribution < 1.29 is 14.3 Å². The highest BCUT2D eigenvalue weighted by Crippen LogP contribution is 2.42. The topological polar surface area (TPSA) is 61.3 Å². The summed E-state index contributed by atoms with van der Waals surface area (Å²) in [5.41, 5.74) is 5.72. The van der Waals surface area contributed by atoms with Gasteiger partial charge in [0.15, 0.2) is 6.29 Å². The molecule has 2 heterocycles. The third-order valence-electron chi connectivity index (χ3n) is 5.60. The molecular weight excluding hydrogens is 471 g/mol. The molecule has 0 radical (unpaired) electrons. The van der Waals surface area contributed by atoms with E-state index in [0.29, 0.717) is 38.6 Å². The van der Waals surface area contributed by atoms with E-state index in [0.717, 1.165) is 40.5 Å². The molecule has 0 atom stereocenters. The van der Waals surface area contributed by atoms with Crippen molar-refractivity contribution in [1.29, 1.82) is 0 Å². The zero-order valence-corrected chi connectivity index (χ0v) is 20.4. The maximum Gasteiger partial charge on any atom is 0.216 e. The van der Waals surface area contributed by atoms with Crippen molar-refractivity contribution in [3.05, 3.63) is 82.0 Å². The van der Waals surface area contributed by atoms with Crippen molar-refractivity contribution in [3.63, 3.8) is 0 Å². The number of rotatable bonds is 7. The summed E-state index contributed by atoms with van der Waals surface area (Å²) in [5, 5.41) is 0.962. The van der Waals surface area contributed by atoms with E-state index in [1.54, 1.807) is 31.5 Å². The fourth-order valence-corrected chi connectivity index (χ4v) is 4.46. The second-order valence-electron chi connectivity index (χ2n) is 7.48. The first-order chi connectivity index (χ1) is 16.5. The van der Waals surface area contributed by atoms with Crippen molar-refractivity contribution in [2.24, 2.45) is 0 Å². The summed E-state index contributed by atoms with van der Waals surface area (Å²) in [6.07, 6.45) is 3.24. The standard InChI is InChI=1S/C27H22Cl2N2O3/c1-4-16-10-11-22(31-27(16)34-3)21-7-5-6-19(24(21)28)20-12-13-30-26(25(20)29)17-8-9-18(15-32)23(14-17)33-2/h5-15H,4H2,1-3H3. The number of halogens is 2. The number of benzene rings is 2. The highest BCUT2D eigenvalue weighted by atomic mass is 35.5. The lowest BCUT2D eigenvalue weighted by Gasteiger charge is -2.14. The molecule has 2 aromatic heterocycles. The monoisotopic (exact) mass is 492 g/mol. The largest absolute Gasteiger partial charge is 0.496 e. The van der Waals surface area contributed by atoms with E-state index >= 15 is 0 Å². The molecule has 0 saturated carbocycles. The second-order valence-corrected chi connectivity index (χ2v) is 8.24. The highest BCUT2D eigenvalue weighted by Gasteiger charge is 2.18. The van der Waals surface area contributed by atoms with Crippen LogP contribution in [0.15, 0.2) is 60.8 Å². The van der Waals surface area contributed by atoms with Crippen molar-refractivity contribution in [1.82, 2.24) is 9.97 Å². The third-order valence-corrected chi connectivity index (χ3v) is 6.39. The lowest BCUT2D eigenvalue weighted by molar-refractivity contribution is 0.112. The predicted molar refractivity (Wildman–Crippen MR) is 136 cm³/mol. The molecule has 0 amide bonds. The molecule has 0 unspecified atom stereocenters. The van der Waals surface area contributed by atoms with E-state index in [2.05, 4.69) is 16.9 Å². The van der Waals surface area contributed by atoms with E-state index in [1.165, 1.54) is 7.11 Å². The van der Waals surface area contributed by atoms with E-state index in [4.69, 9.17) is 32.7 Å². The number of aryl methyl sites for hydroxylation is 1. The molecule has 34 heavy (non-hydrogen) atoms. The van der Waals surface area contributed by atoms with Gasteiger partial charge < -0.3 is 9.47 Å². The van der Waals surface area contributed by atoms with Gasteiger partial charge in [0.25, 0.3) is 0 Å². The number of aromatic nitrogens is 2. The van der Waals surface area contributed by atoms with Gasteiger partial charge in [-0.05, 0) is 30.7 Å². The first-order valence-corrected chi connectivity index (χ1v) is 11.4. The van der Waals surface area contributed by atoms with Crippen LogP contribution in [0, 0.1) is 0 Å². The van der Waals surface area contributed by atoms with Crippen LogP contribution in [-0.2, 0) is 6.42 Å². The van der Waals surface area contributed by atoms with Crippen molar-refractivity contribution in [2.45, 2.75) is 13.3 Å². The van der Waals surface area contributed by atoms with Crippen LogP contribution < -0.4 is 9.47 Å². The minimum absolute atomic E-state index is 0.439. The Morgan fingerprint density at radius 3 is 2.38 bits per heavy atom. The number of aldehydes is 1. The van der Waals surface area contributed by atoms with Gasteiger partial charge in [0.05, 0.1) is 41.2 Å². The molecule has 4 aromatic rings. The number of pyridine rings is 2. The molecule has 5 nitrogen and oxygen atoms in total. The van der Waals surface area contributed by atoms with Crippen LogP contribution in [0.2, 0.25) is 10.0 Å². The molecule has 0 fully saturated rings. The molecule has 0 aliphatic rings. The second kappa shape index (κ2) is 10.2. The van der Waals surface area contributed by atoms with Gasteiger partial charge in [-0.2, -0.15) is 0 Å². The molecule has 0 aliphatic carbocycles. The molecule has 0 bridgehead atoms. The molecule has 0 spiro atoms. The van der Waals surface area contributed by atoms with Crippen LogP contribution in [0.4, 0.5) is 0 Å².